The number of carbonyl (C=O) groups is 1. The van der Waals surface area contributed by atoms with Gasteiger partial charge in [0.15, 0.2) is 0 Å². The van der Waals surface area contributed by atoms with E-state index in [1.807, 2.05) is 6.92 Å². The van der Waals surface area contributed by atoms with Crippen LogP contribution in [0.1, 0.15) is 42.6 Å². The average Bonchev–Trinajstić information content (AvgIpc) is 2.30. The van der Waals surface area contributed by atoms with Gasteiger partial charge in [0.1, 0.15) is 4.90 Å². The number of halogens is 1. The molecule has 0 radical (unpaired) electrons. The minimum absolute atomic E-state index is 0.0191. The minimum atomic E-state index is -3.99. The predicted molar refractivity (Wildman–Crippen MR) is 77.3 cm³/mol. The first-order valence-electron chi connectivity index (χ1n) is 6.20. The molecule has 0 amide bonds. The largest absolute Gasteiger partial charge is 0.459 e. The van der Waals surface area contributed by atoms with Crippen molar-refractivity contribution in [3.05, 3.63) is 28.3 Å². The van der Waals surface area contributed by atoms with E-state index < -0.39 is 16.0 Å². The van der Waals surface area contributed by atoms with Crippen LogP contribution in [-0.4, -0.2) is 20.5 Å². The third kappa shape index (κ3) is 4.19. The lowest BCUT2D eigenvalue weighted by atomic mass is 10.1. The van der Waals surface area contributed by atoms with Crippen molar-refractivity contribution in [1.82, 2.24) is 0 Å². The Morgan fingerprint density at radius 3 is 2.55 bits per heavy atom. The molecule has 0 bridgehead atoms. The van der Waals surface area contributed by atoms with Crippen LogP contribution in [0.4, 0.5) is 0 Å². The number of benzene rings is 1. The summed E-state index contributed by atoms with van der Waals surface area (Å²) < 4.78 is 28.1. The fourth-order valence-corrected chi connectivity index (χ4v) is 2.91. The summed E-state index contributed by atoms with van der Waals surface area (Å²) in [7, 11) is -3.99. The topological polar surface area (TPSA) is 86.5 Å². The molecule has 0 aliphatic heterocycles. The average molecular weight is 320 g/mol. The zero-order valence-electron chi connectivity index (χ0n) is 11.6. The van der Waals surface area contributed by atoms with E-state index in [1.165, 1.54) is 6.07 Å². The van der Waals surface area contributed by atoms with Crippen LogP contribution in [0.3, 0.4) is 0 Å². The van der Waals surface area contributed by atoms with Crippen LogP contribution in [0.25, 0.3) is 0 Å². The van der Waals surface area contributed by atoms with Gasteiger partial charge in [0, 0.05) is 0 Å². The number of rotatable bonds is 5. The number of aryl methyl sites for hydroxylation is 1. The number of hydrogen-bond acceptors (Lipinski definition) is 4. The van der Waals surface area contributed by atoms with Crippen LogP contribution in [0.5, 0.6) is 0 Å². The summed E-state index contributed by atoms with van der Waals surface area (Å²) in [6.07, 6.45) is 1.39. The number of sulfonamides is 1. The lowest BCUT2D eigenvalue weighted by Gasteiger charge is -2.13. The Kier molecular flexibility index (Phi) is 5.56. The van der Waals surface area contributed by atoms with Crippen molar-refractivity contribution in [2.75, 3.05) is 0 Å². The van der Waals surface area contributed by atoms with Crippen molar-refractivity contribution in [3.63, 3.8) is 0 Å². The number of hydrogen-bond donors (Lipinski definition) is 1. The Morgan fingerprint density at radius 1 is 1.45 bits per heavy atom. The van der Waals surface area contributed by atoms with Gasteiger partial charge in [0.05, 0.1) is 16.7 Å². The number of nitrogens with two attached hydrogens (primary N) is 1. The monoisotopic (exact) mass is 319 g/mol. The van der Waals surface area contributed by atoms with E-state index in [9.17, 15) is 13.2 Å². The third-order valence-electron chi connectivity index (χ3n) is 2.77. The van der Waals surface area contributed by atoms with Crippen molar-refractivity contribution < 1.29 is 17.9 Å². The van der Waals surface area contributed by atoms with E-state index in [-0.39, 0.29) is 21.6 Å². The molecule has 1 aromatic carbocycles. The zero-order valence-corrected chi connectivity index (χ0v) is 13.2. The molecule has 2 N–H and O–H groups in total. The van der Waals surface area contributed by atoms with E-state index in [2.05, 4.69) is 0 Å². The summed E-state index contributed by atoms with van der Waals surface area (Å²) in [5.74, 6) is -0.587. The molecule has 1 atom stereocenters. The molecule has 0 spiro atoms. The van der Waals surface area contributed by atoms with Crippen LogP contribution in [0.2, 0.25) is 5.02 Å². The van der Waals surface area contributed by atoms with Gasteiger partial charge in [-0.3, -0.25) is 0 Å². The van der Waals surface area contributed by atoms with Gasteiger partial charge in [0.25, 0.3) is 0 Å². The summed E-state index contributed by atoms with van der Waals surface area (Å²) >= 11 is 5.90. The zero-order chi connectivity index (χ0) is 15.5. The Labute approximate surface area is 124 Å². The van der Waals surface area contributed by atoms with Gasteiger partial charge in [-0.25, -0.2) is 18.4 Å². The highest BCUT2D eigenvalue weighted by Gasteiger charge is 2.20. The fourth-order valence-electron chi connectivity index (χ4n) is 1.78. The molecule has 1 rings (SSSR count). The second-order valence-corrected chi connectivity index (χ2v) is 6.56. The number of esters is 1. The Bertz CT molecular complexity index is 613. The van der Waals surface area contributed by atoms with Crippen LogP contribution in [-0.2, 0) is 14.8 Å². The molecule has 0 saturated carbocycles. The van der Waals surface area contributed by atoms with Crippen LogP contribution in [0.15, 0.2) is 17.0 Å². The summed E-state index contributed by atoms with van der Waals surface area (Å²) in [5.41, 5.74) is 0.576. The first-order valence-corrected chi connectivity index (χ1v) is 8.13. The summed E-state index contributed by atoms with van der Waals surface area (Å²) in [5, 5.41) is 5.10. The van der Waals surface area contributed by atoms with Gasteiger partial charge < -0.3 is 4.74 Å². The van der Waals surface area contributed by atoms with E-state index in [4.69, 9.17) is 21.5 Å². The summed E-state index contributed by atoms with van der Waals surface area (Å²) in [4.78, 5) is 11.7. The maximum absolute atomic E-state index is 12.0. The van der Waals surface area contributed by atoms with Crippen molar-refractivity contribution in [2.24, 2.45) is 5.14 Å². The first kappa shape index (κ1) is 16.9. The smallest absolute Gasteiger partial charge is 0.338 e. The molecule has 112 valence electrons. The molecular weight excluding hydrogens is 302 g/mol. The van der Waals surface area contributed by atoms with Crippen molar-refractivity contribution in [2.45, 2.75) is 44.6 Å². The van der Waals surface area contributed by atoms with E-state index in [0.717, 1.165) is 18.9 Å². The lowest BCUT2D eigenvalue weighted by Crippen LogP contribution is -2.17. The van der Waals surface area contributed by atoms with Gasteiger partial charge in [-0.1, -0.05) is 24.9 Å². The molecule has 1 unspecified atom stereocenters. The Hall–Kier alpha value is -1.11. The Balaban J connectivity index is 3.15. The fraction of sp³-hybridized carbons (Fsp3) is 0.462. The number of carbonyl (C=O) groups excluding carboxylic acids is 1. The molecule has 0 saturated heterocycles. The predicted octanol–water partition coefficient (Wildman–Crippen LogP) is 2.64. The standard InChI is InChI=1S/C13H18ClNO4S/c1-4-5-9(3)19-13(16)10-6-8(2)12(14)11(7-10)20(15,17)18/h6-7,9H,4-5H2,1-3H3,(H2,15,17,18). The summed E-state index contributed by atoms with van der Waals surface area (Å²) in [6.45, 7) is 5.36. The van der Waals surface area contributed by atoms with Crippen LogP contribution in [0, 0.1) is 6.92 Å². The molecule has 0 aromatic heterocycles. The molecule has 20 heavy (non-hydrogen) atoms. The van der Waals surface area contributed by atoms with Gasteiger partial charge in [-0.05, 0) is 38.0 Å². The molecule has 7 heteroatoms. The van der Waals surface area contributed by atoms with Crippen LogP contribution < -0.4 is 5.14 Å². The number of primary sulfonamides is 1. The van der Waals surface area contributed by atoms with E-state index >= 15 is 0 Å². The van der Waals surface area contributed by atoms with Crippen LogP contribution >= 0.6 is 11.6 Å². The van der Waals surface area contributed by atoms with E-state index in [1.54, 1.807) is 13.8 Å². The molecule has 0 heterocycles. The maximum atomic E-state index is 12.0. The molecule has 5 nitrogen and oxygen atoms in total. The molecule has 1 aromatic rings. The molecular formula is C13H18ClNO4S. The van der Waals surface area contributed by atoms with Crippen molar-refractivity contribution in [1.29, 1.82) is 0 Å². The highest BCUT2D eigenvalue weighted by molar-refractivity contribution is 7.89. The first-order chi connectivity index (χ1) is 9.16. The lowest BCUT2D eigenvalue weighted by molar-refractivity contribution is 0.0323. The molecule has 0 aliphatic carbocycles. The third-order valence-corrected chi connectivity index (χ3v) is 4.32. The second-order valence-electron chi connectivity index (χ2n) is 4.65. The van der Waals surface area contributed by atoms with Gasteiger partial charge in [-0.2, -0.15) is 0 Å². The van der Waals surface area contributed by atoms with E-state index in [0.29, 0.717) is 5.56 Å². The quantitative estimate of drug-likeness (QED) is 0.845. The molecule has 0 aliphatic rings. The van der Waals surface area contributed by atoms with Gasteiger partial charge in [0.2, 0.25) is 10.0 Å². The summed E-state index contributed by atoms with van der Waals surface area (Å²) in [6, 6.07) is 2.63. The van der Waals surface area contributed by atoms with Gasteiger partial charge >= 0.3 is 5.97 Å². The number of ether oxygens (including phenoxy) is 1. The Morgan fingerprint density at radius 2 is 2.05 bits per heavy atom. The van der Waals surface area contributed by atoms with Crippen molar-refractivity contribution in [3.8, 4) is 0 Å². The highest BCUT2D eigenvalue weighted by Crippen LogP contribution is 2.26. The normalized spacial score (nSPS) is 13.1. The highest BCUT2D eigenvalue weighted by atomic mass is 35.5. The van der Waals surface area contributed by atoms with Gasteiger partial charge in [-0.15, -0.1) is 0 Å². The van der Waals surface area contributed by atoms with Crippen molar-refractivity contribution >= 4 is 27.6 Å². The second kappa shape index (κ2) is 6.56. The SMILES string of the molecule is CCCC(C)OC(=O)c1cc(C)c(Cl)c(S(N)(=O)=O)c1. The molecule has 0 fully saturated rings. The maximum Gasteiger partial charge on any atom is 0.338 e. The minimum Gasteiger partial charge on any atom is -0.459 e.